The van der Waals surface area contributed by atoms with Crippen LogP contribution in [-0.2, 0) is 0 Å². The van der Waals surface area contributed by atoms with Crippen LogP contribution in [0.2, 0.25) is 0 Å². The summed E-state index contributed by atoms with van der Waals surface area (Å²) in [4.78, 5) is 10.2. The second-order valence-corrected chi connectivity index (χ2v) is 11.9. The van der Waals surface area contributed by atoms with Crippen LogP contribution in [0.3, 0.4) is 0 Å². The van der Waals surface area contributed by atoms with Crippen molar-refractivity contribution in [3.63, 3.8) is 0 Å². The molecule has 0 saturated heterocycles. The highest BCUT2D eigenvalue weighted by molar-refractivity contribution is 6.09. The van der Waals surface area contributed by atoms with Crippen LogP contribution in [0.4, 0.5) is 0 Å². The number of hydrogen-bond acceptors (Lipinski definition) is 2. The van der Waals surface area contributed by atoms with Crippen molar-refractivity contribution in [3.05, 3.63) is 144 Å². The van der Waals surface area contributed by atoms with Crippen LogP contribution >= 0.6 is 0 Å². The van der Waals surface area contributed by atoms with Crippen LogP contribution in [0.25, 0.3) is 76.9 Å². The molecule has 0 unspecified atom stereocenters. The van der Waals surface area contributed by atoms with E-state index in [9.17, 15) is 0 Å². The Morgan fingerprint density at radius 3 is 1.70 bits per heavy atom. The van der Waals surface area contributed by atoms with E-state index in [1.807, 2.05) is 6.20 Å². The van der Waals surface area contributed by atoms with E-state index in [-0.39, 0.29) is 0 Å². The summed E-state index contributed by atoms with van der Waals surface area (Å²) in [7, 11) is 0. The highest BCUT2D eigenvalue weighted by Gasteiger charge is 2.17. The molecule has 2 heteroatoms. The fourth-order valence-corrected chi connectivity index (χ4v) is 6.80. The Labute approximate surface area is 257 Å². The molecule has 6 aromatic carbocycles. The van der Waals surface area contributed by atoms with E-state index in [1.54, 1.807) is 0 Å². The van der Waals surface area contributed by atoms with Gasteiger partial charge < -0.3 is 0 Å². The Morgan fingerprint density at radius 2 is 0.977 bits per heavy atom. The minimum absolute atomic E-state index is 0.973. The van der Waals surface area contributed by atoms with Crippen LogP contribution in [0, 0.1) is 27.7 Å². The predicted molar refractivity (Wildman–Crippen MR) is 187 cm³/mol. The van der Waals surface area contributed by atoms with Gasteiger partial charge in [-0.25, -0.2) is 4.98 Å². The average molecular weight is 565 g/mol. The average Bonchev–Trinajstić information content (AvgIpc) is 3.07. The molecule has 0 saturated carbocycles. The maximum absolute atomic E-state index is 5.36. The monoisotopic (exact) mass is 564 g/mol. The highest BCUT2D eigenvalue weighted by atomic mass is 14.8. The third-order valence-corrected chi connectivity index (χ3v) is 9.56. The first kappa shape index (κ1) is 26.3. The van der Waals surface area contributed by atoms with E-state index in [4.69, 9.17) is 9.97 Å². The van der Waals surface area contributed by atoms with Crippen LogP contribution in [0.1, 0.15) is 22.3 Å². The maximum atomic E-state index is 5.36. The van der Waals surface area contributed by atoms with Crippen LogP contribution in [0.5, 0.6) is 0 Å². The molecule has 0 aliphatic heterocycles. The maximum Gasteiger partial charge on any atom is 0.0975 e. The molecule has 0 atom stereocenters. The molecule has 0 bridgehead atoms. The minimum atomic E-state index is 0.973. The smallest absolute Gasteiger partial charge is 0.0975 e. The number of benzene rings is 6. The topological polar surface area (TPSA) is 25.8 Å². The van der Waals surface area contributed by atoms with Gasteiger partial charge in [0.1, 0.15) is 0 Å². The lowest BCUT2D eigenvalue weighted by molar-refractivity contribution is 1.26. The standard InChI is InChI=1S/C42H32N2/c1-25-24-43-41-32(26(25)2)20-21-33-27(3)28(4)40(44-42(33)41)39-23-22-36(37-13-7-8-14-38(37)39)31-18-16-30(17-19-31)35-15-9-11-29-10-5-6-12-34(29)35/h5-24H,1-4H3. The lowest BCUT2D eigenvalue weighted by atomic mass is 9.90. The molecule has 0 fully saturated rings. The van der Waals surface area contributed by atoms with E-state index in [1.165, 1.54) is 76.8 Å². The third kappa shape index (κ3) is 4.02. The molecule has 44 heavy (non-hydrogen) atoms. The summed E-state index contributed by atoms with van der Waals surface area (Å²) in [6.07, 6.45) is 1.98. The molecular weight excluding hydrogens is 532 g/mol. The molecule has 0 amide bonds. The summed E-state index contributed by atoms with van der Waals surface area (Å²) in [6.45, 7) is 8.71. The lowest BCUT2D eigenvalue weighted by Gasteiger charge is -2.17. The summed E-state index contributed by atoms with van der Waals surface area (Å²) in [6, 6.07) is 41.8. The summed E-state index contributed by atoms with van der Waals surface area (Å²) in [5.74, 6) is 0. The van der Waals surface area contributed by atoms with Gasteiger partial charge in [0.2, 0.25) is 0 Å². The van der Waals surface area contributed by atoms with Gasteiger partial charge in [0.25, 0.3) is 0 Å². The van der Waals surface area contributed by atoms with Gasteiger partial charge >= 0.3 is 0 Å². The van der Waals surface area contributed by atoms with Crippen LogP contribution < -0.4 is 0 Å². The molecule has 0 N–H and O–H groups in total. The van der Waals surface area contributed by atoms with Gasteiger partial charge in [-0.1, -0.05) is 115 Å². The molecule has 8 rings (SSSR count). The molecule has 8 aromatic rings. The highest BCUT2D eigenvalue weighted by Crippen LogP contribution is 2.40. The summed E-state index contributed by atoms with van der Waals surface area (Å²) < 4.78 is 0. The third-order valence-electron chi connectivity index (χ3n) is 9.56. The minimum Gasteiger partial charge on any atom is -0.254 e. The largest absolute Gasteiger partial charge is 0.254 e. The molecule has 2 nitrogen and oxygen atoms in total. The number of aryl methyl sites for hydroxylation is 3. The van der Waals surface area contributed by atoms with Gasteiger partial charge in [-0.15, -0.1) is 0 Å². The van der Waals surface area contributed by atoms with Crippen molar-refractivity contribution in [2.45, 2.75) is 27.7 Å². The van der Waals surface area contributed by atoms with Crippen LogP contribution in [0.15, 0.2) is 121 Å². The number of hydrogen-bond donors (Lipinski definition) is 0. The van der Waals surface area contributed by atoms with Crippen molar-refractivity contribution in [2.24, 2.45) is 0 Å². The normalized spacial score (nSPS) is 11.6. The van der Waals surface area contributed by atoms with Crippen molar-refractivity contribution in [1.29, 1.82) is 0 Å². The summed E-state index contributed by atoms with van der Waals surface area (Å²) in [5.41, 5.74) is 14.0. The molecule has 0 spiro atoms. The van der Waals surface area contributed by atoms with E-state index in [2.05, 4.69) is 143 Å². The zero-order valence-corrected chi connectivity index (χ0v) is 25.4. The zero-order chi connectivity index (χ0) is 29.9. The quantitative estimate of drug-likeness (QED) is 0.199. The molecular formula is C42H32N2. The van der Waals surface area contributed by atoms with Gasteiger partial charge in [-0.05, 0) is 93.7 Å². The number of pyridine rings is 2. The molecule has 0 aliphatic carbocycles. The Kier molecular flexibility index (Phi) is 6.06. The van der Waals surface area contributed by atoms with Crippen molar-refractivity contribution in [3.8, 4) is 33.5 Å². The van der Waals surface area contributed by atoms with Crippen molar-refractivity contribution >= 4 is 43.4 Å². The SMILES string of the molecule is Cc1cnc2c(ccc3c(C)c(C)c(-c4ccc(-c5ccc(-c6cccc7ccccc67)cc5)c5ccccc45)nc32)c1C. The van der Waals surface area contributed by atoms with Gasteiger partial charge in [-0.2, -0.15) is 0 Å². The van der Waals surface area contributed by atoms with Crippen molar-refractivity contribution < 1.29 is 0 Å². The Bertz CT molecular complexity index is 2410. The second-order valence-electron chi connectivity index (χ2n) is 11.9. The lowest BCUT2D eigenvalue weighted by Crippen LogP contribution is -1.98. The number of fused-ring (bicyclic) bond motifs is 5. The fraction of sp³-hybridized carbons (Fsp3) is 0.0952. The molecule has 2 aromatic heterocycles. The Hall–Kier alpha value is -5.34. The zero-order valence-electron chi connectivity index (χ0n) is 25.4. The number of aromatic nitrogens is 2. The first-order chi connectivity index (χ1) is 21.5. The van der Waals surface area contributed by atoms with Crippen molar-refractivity contribution in [2.75, 3.05) is 0 Å². The Morgan fingerprint density at radius 1 is 0.409 bits per heavy atom. The van der Waals surface area contributed by atoms with Gasteiger partial charge in [-0.3, -0.25) is 4.98 Å². The van der Waals surface area contributed by atoms with Gasteiger partial charge in [0, 0.05) is 22.5 Å². The van der Waals surface area contributed by atoms with Gasteiger partial charge in [0.15, 0.2) is 0 Å². The fourth-order valence-electron chi connectivity index (χ4n) is 6.80. The Balaban J connectivity index is 1.28. The first-order valence-corrected chi connectivity index (χ1v) is 15.3. The molecule has 0 radical (unpaired) electrons. The first-order valence-electron chi connectivity index (χ1n) is 15.3. The summed E-state index contributed by atoms with van der Waals surface area (Å²) >= 11 is 0. The van der Waals surface area contributed by atoms with Crippen molar-refractivity contribution in [1.82, 2.24) is 9.97 Å². The molecule has 0 aliphatic rings. The predicted octanol–water partition coefficient (Wildman–Crippen LogP) is 11.3. The second kappa shape index (κ2) is 10.1. The van der Waals surface area contributed by atoms with Crippen LogP contribution in [-0.4, -0.2) is 9.97 Å². The van der Waals surface area contributed by atoms with E-state index >= 15 is 0 Å². The summed E-state index contributed by atoms with van der Waals surface area (Å²) in [5, 5.41) is 7.31. The molecule has 2 heterocycles. The number of rotatable bonds is 3. The van der Waals surface area contributed by atoms with Gasteiger partial charge in [0.05, 0.1) is 16.7 Å². The number of nitrogens with zero attached hydrogens (tertiary/aromatic N) is 2. The van der Waals surface area contributed by atoms with E-state index < -0.39 is 0 Å². The molecule has 210 valence electrons. The van der Waals surface area contributed by atoms with E-state index in [0.29, 0.717) is 0 Å². The van der Waals surface area contributed by atoms with E-state index in [0.717, 1.165) is 22.3 Å².